The number of ether oxygens (including phenoxy) is 1. The van der Waals surface area contributed by atoms with E-state index in [1.165, 1.54) is 17.4 Å². The Bertz CT molecular complexity index is 1040. The van der Waals surface area contributed by atoms with Crippen molar-refractivity contribution in [1.82, 2.24) is 20.1 Å². The van der Waals surface area contributed by atoms with E-state index >= 15 is 0 Å². The molecule has 2 aromatic heterocycles. The van der Waals surface area contributed by atoms with Gasteiger partial charge in [0.15, 0.2) is 11.5 Å². The molecule has 1 atom stereocenters. The van der Waals surface area contributed by atoms with Crippen LogP contribution in [0.4, 0.5) is 15.9 Å². The quantitative estimate of drug-likeness (QED) is 0.724. The second-order valence-corrected chi connectivity index (χ2v) is 9.41. The van der Waals surface area contributed by atoms with Crippen LogP contribution in [0.5, 0.6) is 0 Å². The van der Waals surface area contributed by atoms with Gasteiger partial charge >= 0.3 is 0 Å². The molecule has 0 bridgehead atoms. The molecular weight excluding hydrogens is 411 g/mol. The summed E-state index contributed by atoms with van der Waals surface area (Å²) in [7, 11) is 0. The molecule has 0 unspecified atom stereocenters. The third-order valence-electron chi connectivity index (χ3n) is 6.44. The number of aromatic nitrogens is 3. The zero-order valence-corrected chi connectivity index (χ0v) is 18.8. The lowest BCUT2D eigenvalue weighted by Crippen LogP contribution is -2.59. The number of halogens is 1. The van der Waals surface area contributed by atoms with Crippen molar-refractivity contribution in [2.75, 3.05) is 49.1 Å². The Hall–Kier alpha value is -2.81. The van der Waals surface area contributed by atoms with Gasteiger partial charge in [0.2, 0.25) is 0 Å². The Morgan fingerprint density at radius 3 is 2.75 bits per heavy atom. The fourth-order valence-electron chi connectivity index (χ4n) is 4.77. The summed E-state index contributed by atoms with van der Waals surface area (Å²) >= 11 is 0. The first-order valence-corrected chi connectivity index (χ1v) is 11.2. The molecule has 3 aliphatic heterocycles. The van der Waals surface area contributed by atoms with Gasteiger partial charge in [-0.25, -0.2) is 4.39 Å². The van der Waals surface area contributed by atoms with Gasteiger partial charge in [-0.2, -0.15) is 0 Å². The molecule has 3 aliphatic rings. The predicted molar refractivity (Wildman–Crippen MR) is 119 cm³/mol. The lowest BCUT2D eigenvalue weighted by molar-refractivity contribution is -0.00830. The smallest absolute Gasteiger partial charge is 0.274 e. The molecule has 0 aliphatic carbocycles. The van der Waals surface area contributed by atoms with Crippen LogP contribution in [0.25, 0.3) is 0 Å². The molecule has 8 nitrogen and oxygen atoms in total. The van der Waals surface area contributed by atoms with Gasteiger partial charge in [-0.3, -0.25) is 9.78 Å². The fraction of sp³-hybridized carbons (Fsp3) is 0.565. The maximum absolute atomic E-state index is 13.8. The minimum Gasteiger partial charge on any atom is -0.375 e. The average molecular weight is 441 g/mol. The minimum absolute atomic E-state index is 0.106. The molecular formula is C23H29FN6O2. The monoisotopic (exact) mass is 440 g/mol. The van der Waals surface area contributed by atoms with Gasteiger partial charge < -0.3 is 19.4 Å². The summed E-state index contributed by atoms with van der Waals surface area (Å²) in [6.07, 6.45) is 3.01. The molecule has 5 heterocycles. The number of carbonyl (C=O) groups is 1. The largest absolute Gasteiger partial charge is 0.375 e. The molecule has 0 radical (unpaired) electrons. The third-order valence-corrected chi connectivity index (χ3v) is 6.44. The third kappa shape index (κ3) is 4.01. The maximum Gasteiger partial charge on any atom is 0.274 e. The van der Waals surface area contributed by atoms with Gasteiger partial charge in [0, 0.05) is 38.3 Å². The summed E-state index contributed by atoms with van der Waals surface area (Å²) in [5.74, 6) is 0.511. The Morgan fingerprint density at radius 2 is 2.03 bits per heavy atom. The molecule has 0 saturated carbocycles. The van der Waals surface area contributed by atoms with Crippen molar-refractivity contribution in [2.45, 2.75) is 45.5 Å². The predicted octanol–water partition coefficient (Wildman–Crippen LogP) is 2.15. The van der Waals surface area contributed by atoms with E-state index in [4.69, 9.17) is 9.72 Å². The van der Waals surface area contributed by atoms with Gasteiger partial charge in [0.25, 0.3) is 5.91 Å². The number of carbonyl (C=O) groups excluding carboxylic acids is 1. The fourth-order valence-corrected chi connectivity index (χ4v) is 4.77. The number of rotatable bonds is 3. The summed E-state index contributed by atoms with van der Waals surface area (Å²) in [6, 6.07) is 3.99. The molecule has 1 amide bonds. The molecule has 9 heteroatoms. The van der Waals surface area contributed by atoms with Gasteiger partial charge in [0.05, 0.1) is 37.7 Å². The van der Waals surface area contributed by atoms with Gasteiger partial charge in [0.1, 0.15) is 5.67 Å². The number of hydrogen-bond acceptors (Lipinski definition) is 7. The first-order valence-electron chi connectivity index (χ1n) is 11.2. The summed E-state index contributed by atoms with van der Waals surface area (Å²) in [5, 5.41) is 8.56. The van der Waals surface area contributed by atoms with Crippen molar-refractivity contribution in [3.8, 4) is 0 Å². The van der Waals surface area contributed by atoms with Crippen LogP contribution in [0.15, 0.2) is 18.3 Å². The van der Waals surface area contributed by atoms with E-state index in [-0.39, 0.29) is 30.8 Å². The number of morpholine rings is 1. The van der Waals surface area contributed by atoms with E-state index in [1.54, 1.807) is 6.07 Å². The number of likely N-dealkylation sites (tertiary alicyclic amines) is 1. The van der Waals surface area contributed by atoms with Crippen molar-refractivity contribution in [2.24, 2.45) is 0 Å². The van der Waals surface area contributed by atoms with E-state index in [1.807, 2.05) is 13.1 Å². The van der Waals surface area contributed by atoms with Crippen LogP contribution >= 0.6 is 0 Å². The first kappa shape index (κ1) is 21.1. The zero-order valence-electron chi connectivity index (χ0n) is 18.8. The Kier molecular flexibility index (Phi) is 5.23. The van der Waals surface area contributed by atoms with Crippen LogP contribution in [0, 0.1) is 6.92 Å². The second kappa shape index (κ2) is 7.95. The molecule has 2 aromatic rings. The number of alkyl halides is 1. The van der Waals surface area contributed by atoms with Gasteiger partial charge in [-0.1, -0.05) is 0 Å². The van der Waals surface area contributed by atoms with Crippen LogP contribution in [-0.4, -0.2) is 77.1 Å². The second-order valence-electron chi connectivity index (χ2n) is 9.41. The SMILES string of the molecule is Cc1cc(C(=O)N2CC(C)(F)C2)nnc1N1CCc2ncc(N3CCO[C@H](C)C3)cc2C1. The Labute approximate surface area is 187 Å². The molecule has 170 valence electrons. The zero-order chi connectivity index (χ0) is 22.5. The molecule has 0 aromatic carbocycles. The van der Waals surface area contributed by atoms with Crippen molar-refractivity contribution < 1.29 is 13.9 Å². The van der Waals surface area contributed by atoms with Crippen molar-refractivity contribution >= 4 is 17.4 Å². The van der Waals surface area contributed by atoms with E-state index in [2.05, 4.69) is 33.0 Å². The number of pyridine rings is 1. The summed E-state index contributed by atoms with van der Waals surface area (Å²) in [5.41, 5.74) is 3.29. The summed E-state index contributed by atoms with van der Waals surface area (Å²) < 4.78 is 19.4. The molecule has 2 saturated heterocycles. The highest BCUT2D eigenvalue weighted by Crippen LogP contribution is 2.29. The number of fused-ring (bicyclic) bond motifs is 1. The van der Waals surface area contributed by atoms with Crippen molar-refractivity contribution in [3.63, 3.8) is 0 Å². The highest BCUT2D eigenvalue weighted by molar-refractivity contribution is 5.93. The van der Waals surface area contributed by atoms with Crippen LogP contribution in [-0.2, 0) is 17.7 Å². The molecule has 2 fully saturated rings. The number of nitrogens with zero attached hydrogens (tertiary/aromatic N) is 6. The normalized spacial score (nSPS) is 22.4. The van der Waals surface area contributed by atoms with E-state index in [9.17, 15) is 9.18 Å². The van der Waals surface area contributed by atoms with Crippen LogP contribution in [0.3, 0.4) is 0 Å². The van der Waals surface area contributed by atoms with Crippen molar-refractivity contribution in [1.29, 1.82) is 0 Å². The number of anilines is 2. The van der Waals surface area contributed by atoms with Crippen LogP contribution in [0.1, 0.15) is 41.2 Å². The van der Waals surface area contributed by atoms with Gasteiger partial charge in [-0.15, -0.1) is 10.2 Å². The lowest BCUT2D eigenvalue weighted by atomic mass is 9.98. The van der Waals surface area contributed by atoms with Crippen LogP contribution < -0.4 is 9.80 Å². The van der Waals surface area contributed by atoms with Crippen molar-refractivity contribution in [3.05, 3.63) is 40.8 Å². The average Bonchev–Trinajstić information content (AvgIpc) is 2.76. The molecule has 32 heavy (non-hydrogen) atoms. The number of amides is 1. The highest BCUT2D eigenvalue weighted by Gasteiger charge is 2.42. The Morgan fingerprint density at radius 1 is 1.22 bits per heavy atom. The van der Waals surface area contributed by atoms with E-state index < -0.39 is 5.67 Å². The minimum atomic E-state index is -1.30. The van der Waals surface area contributed by atoms with Gasteiger partial charge in [-0.05, 0) is 44.0 Å². The maximum atomic E-state index is 13.8. The molecule has 5 rings (SSSR count). The van der Waals surface area contributed by atoms with E-state index in [0.29, 0.717) is 6.54 Å². The summed E-state index contributed by atoms with van der Waals surface area (Å²) in [4.78, 5) is 23.3. The standard InChI is InChI=1S/C23H29FN6O2/c1-15-8-20(22(31)30-13-23(3,24)14-30)26-27-21(15)29-5-4-19-17(12-29)9-18(10-25-19)28-6-7-32-16(2)11-28/h8-10,16H,4-7,11-14H2,1-3H3/t16-/m1/s1. The first-order chi connectivity index (χ1) is 15.3. The van der Waals surface area contributed by atoms with E-state index in [0.717, 1.165) is 55.4 Å². The highest BCUT2D eigenvalue weighted by atomic mass is 19.1. The lowest BCUT2D eigenvalue weighted by Gasteiger charge is -2.41. The Balaban J connectivity index is 1.32. The molecule has 0 N–H and O–H groups in total. The van der Waals surface area contributed by atoms with Crippen LogP contribution in [0.2, 0.25) is 0 Å². The topological polar surface area (TPSA) is 74.7 Å². The summed E-state index contributed by atoms with van der Waals surface area (Å²) in [6.45, 7) is 9.70. The molecule has 0 spiro atoms. The number of aryl methyl sites for hydroxylation is 1. The number of hydrogen-bond donors (Lipinski definition) is 0.